The standard InChI is InChI=1S/C46H58N4O9.2H2O4S/c1-8-42(54)23-28-24-45(40(52)57-6,36-30(15-19-49(25-28)26-42)29-13-10-11-14-33(29)47-36)32-21-31-34(22-35(32)56-5)48(4)38-44(31)17-20-50-18-12-16-43(9-2,37(44)50)39(59-27(3)51)46(38,55)41(53)58-7;2*1-5(2,3)4/h10-14,16,21-22,28,37-39,47,54-55H,8-9,15,17-20,23-26H2,1-7H3;2*(H2,1,2,3,4)/t28-,37+,38-,39-,42+,43-,44-,45+,46+;;/m1../s1. The summed E-state index contributed by atoms with van der Waals surface area (Å²) in [4.78, 5) is 53.2. The highest BCUT2D eigenvalue weighted by atomic mass is 32.3. The molecule has 69 heavy (non-hydrogen) atoms. The van der Waals surface area contributed by atoms with Crippen LogP contribution >= 0.6 is 0 Å². The first-order valence-corrected chi connectivity index (χ1v) is 25.4. The molecule has 1 spiro atoms. The number of likely N-dealkylation sites (N-methyl/N-ethyl adjacent to an activating group) is 1. The zero-order chi connectivity index (χ0) is 50.9. The predicted molar refractivity (Wildman–Crippen MR) is 249 cm³/mol. The lowest BCUT2D eigenvalue weighted by molar-refractivity contribution is -0.228. The highest BCUT2D eigenvalue weighted by Gasteiger charge is 2.80. The summed E-state index contributed by atoms with van der Waals surface area (Å²) in [6, 6.07) is 11.0. The molecule has 1 saturated carbocycles. The summed E-state index contributed by atoms with van der Waals surface area (Å²) >= 11 is 0. The number of nitrogens with one attached hydrogen (secondary N) is 1. The van der Waals surface area contributed by atoms with Gasteiger partial charge in [-0.3, -0.25) is 37.6 Å². The Labute approximate surface area is 400 Å². The van der Waals surface area contributed by atoms with E-state index in [4.69, 9.17) is 54.0 Å². The Balaban J connectivity index is 0.000000640. The quantitative estimate of drug-likeness (QED) is 0.0775. The van der Waals surface area contributed by atoms with E-state index in [9.17, 15) is 19.8 Å². The van der Waals surface area contributed by atoms with Gasteiger partial charge in [-0.1, -0.05) is 44.2 Å². The van der Waals surface area contributed by atoms with Gasteiger partial charge in [0.05, 0.1) is 33.0 Å². The summed E-state index contributed by atoms with van der Waals surface area (Å²) in [5.74, 6) is -1.56. The number of fused-ring (bicyclic) bond motifs is 6. The molecule has 9 rings (SSSR count). The Bertz CT molecular complexity index is 2720. The van der Waals surface area contributed by atoms with E-state index in [-0.39, 0.29) is 12.0 Å². The van der Waals surface area contributed by atoms with E-state index in [2.05, 4.69) is 39.1 Å². The lowest BCUT2D eigenvalue weighted by Gasteiger charge is -2.63. The third kappa shape index (κ3) is 8.71. The molecule has 0 radical (unpaired) electrons. The van der Waals surface area contributed by atoms with Gasteiger partial charge in [-0.15, -0.1) is 0 Å². The second-order valence-electron chi connectivity index (χ2n) is 19.1. The minimum Gasteiger partial charge on any atom is -0.496 e. The van der Waals surface area contributed by atoms with Crippen LogP contribution in [0.25, 0.3) is 10.9 Å². The van der Waals surface area contributed by atoms with E-state index in [1.54, 1.807) is 7.11 Å². The van der Waals surface area contributed by atoms with Gasteiger partial charge in [-0.2, -0.15) is 16.8 Å². The van der Waals surface area contributed by atoms with Crippen molar-refractivity contribution in [1.29, 1.82) is 0 Å². The number of para-hydroxylation sites is 1. The average molecular weight is 1010 g/mol. The Morgan fingerprint density at radius 3 is 2.12 bits per heavy atom. The van der Waals surface area contributed by atoms with Gasteiger partial charge in [0.15, 0.2) is 6.10 Å². The first-order chi connectivity index (χ1) is 32.2. The topological polar surface area (TPSA) is 303 Å². The molecule has 2 aromatic carbocycles. The number of piperidine rings is 1. The molecular weight excluding hydrogens is 945 g/mol. The van der Waals surface area contributed by atoms with Crippen LogP contribution < -0.4 is 9.64 Å². The van der Waals surface area contributed by atoms with E-state index in [1.165, 1.54) is 21.1 Å². The summed E-state index contributed by atoms with van der Waals surface area (Å²) in [6.45, 7) is 8.62. The van der Waals surface area contributed by atoms with Gasteiger partial charge >= 0.3 is 38.7 Å². The number of carbonyl (C=O) groups excluding carboxylic acids is 3. The van der Waals surface area contributed by atoms with Gasteiger partial charge in [-0.05, 0) is 74.2 Å². The molecule has 21 nitrogen and oxygen atoms in total. The number of carbonyl (C=O) groups is 3. The van der Waals surface area contributed by atoms with E-state index in [1.807, 2.05) is 50.1 Å². The van der Waals surface area contributed by atoms with Crippen molar-refractivity contribution in [3.8, 4) is 5.75 Å². The van der Waals surface area contributed by atoms with Crippen LogP contribution in [0.2, 0.25) is 0 Å². The molecule has 6 heterocycles. The van der Waals surface area contributed by atoms with Crippen LogP contribution in [0.3, 0.4) is 0 Å². The van der Waals surface area contributed by atoms with Gasteiger partial charge in [0, 0.05) is 90.9 Å². The zero-order valence-electron chi connectivity index (χ0n) is 39.5. The average Bonchev–Trinajstić information content (AvgIpc) is 3.94. The highest BCUT2D eigenvalue weighted by molar-refractivity contribution is 7.80. The monoisotopic (exact) mass is 1010 g/mol. The first kappa shape index (κ1) is 52.1. The van der Waals surface area contributed by atoms with Crippen molar-refractivity contribution in [2.45, 2.75) is 99.5 Å². The van der Waals surface area contributed by atoms with Crippen molar-refractivity contribution in [3.63, 3.8) is 0 Å². The smallest absolute Gasteiger partial charge is 0.394 e. The number of H-pyrrole nitrogens is 1. The van der Waals surface area contributed by atoms with Crippen LogP contribution in [0, 0.1) is 11.3 Å². The number of anilines is 1. The molecule has 23 heteroatoms. The van der Waals surface area contributed by atoms with Crippen molar-refractivity contribution in [1.82, 2.24) is 14.8 Å². The molecule has 1 aromatic heterocycles. The maximum absolute atomic E-state index is 15.3. The summed E-state index contributed by atoms with van der Waals surface area (Å²) < 4.78 is 87.1. The largest absolute Gasteiger partial charge is 0.496 e. The molecule has 380 valence electrons. The second kappa shape index (κ2) is 18.5. The summed E-state index contributed by atoms with van der Waals surface area (Å²) in [5.41, 5.74) is -1.62. The SMILES string of the molecule is CC[C@]1(O)C[C@H]2CN(CCc3c([nH]c4ccccc34)[C@@](C(=O)OC)(c3cc4c(cc3OC)N(C)[C@H]3[C@@](O)(C(=O)OC)[C@H](OC(C)=O)[C@]5(CC)C=CCN6CC[C@]43[C@@H]65)C2)C1.O=S(=O)(O)O.O=S(=O)(O)O. The summed E-state index contributed by atoms with van der Waals surface area (Å²) in [7, 11) is -3.18. The molecule has 10 atom stereocenters. The molecule has 1 unspecified atom stereocenters. The molecule has 3 fully saturated rings. The number of aliphatic hydroxyl groups is 2. The minimum absolute atomic E-state index is 0.0986. The lowest BCUT2D eigenvalue weighted by Crippen LogP contribution is -2.81. The van der Waals surface area contributed by atoms with E-state index in [0.29, 0.717) is 82.6 Å². The highest BCUT2D eigenvalue weighted by Crippen LogP contribution is 2.68. The number of esters is 3. The molecular formula is C46H62N4O17S2. The maximum Gasteiger partial charge on any atom is 0.394 e. The van der Waals surface area contributed by atoms with Crippen molar-refractivity contribution >= 4 is 55.3 Å². The number of ether oxygens (including phenoxy) is 4. The number of rotatable bonds is 7. The van der Waals surface area contributed by atoms with Crippen LogP contribution in [-0.4, -0.2) is 168 Å². The molecule has 2 saturated heterocycles. The van der Waals surface area contributed by atoms with Gasteiger partial charge in [0.25, 0.3) is 0 Å². The van der Waals surface area contributed by atoms with Crippen LogP contribution in [0.5, 0.6) is 5.75 Å². The van der Waals surface area contributed by atoms with Gasteiger partial charge in [-0.25, -0.2) is 4.79 Å². The summed E-state index contributed by atoms with van der Waals surface area (Å²) in [5, 5.41) is 26.3. The Morgan fingerprint density at radius 2 is 1.52 bits per heavy atom. The number of hydrogen-bond acceptors (Lipinski definition) is 16. The third-order valence-electron chi connectivity index (χ3n) is 15.6. The number of aromatic amines is 1. The Morgan fingerprint density at radius 1 is 0.870 bits per heavy atom. The van der Waals surface area contributed by atoms with Crippen molar-refractivity contribution < 1.29 is 78.6 Å². The fourth-order valence-corrected chi connectivity index (χ4v) is 13.5. The van der Waals surface area contributed by atoms with Gasteiger partial charge in [0.1, 0.15) is 11.2 Å². The van der Waals surface area contributed by atoms with Crippen molar-refractivity contribution in [2.75, 3.05) is 66.0 Å². The van der Waals surface area contributed by atoms with Crippen molar-refractivity contribution in [2.24, 2.45) is 11.3 Å². The van der Waals surface area contributed by atoms with Crippen LogP contribution in [-0.2, 0) is 66.6 Å². The normalized spacial score (nSPS) is 33.3. The zero-order valence-corrected chi connectivity index (χ0v) is 41.2. The van der Waals surface area contributed by atoms with Gasteiger partial charge in [0.2, 0.25) is 5.60 Å². The second-order valence-corrected chi connectivity index (χ2v) is 20.9. The Kier molecular flexibility index (Phi) is 14.0. The predicted octanol–water partition coefficient (Wildman–Crippen LogP) is 2.69. The lowest BCUT2D eigenvalue weighted by atomic mass is 9.47. The fraction of sp³-hybridized carbons (Fsp3) is 0.587. The number of nitrogens with zero attached hydrogens (tertiary/aromatic N) is 3. The molecule has 3 aromatic rings. The fourth-order valence-electron chi connectivity index (χ4n) is 13.5. The number of aromatic nitrogens is 1. The summed E-state index contributed by atoms with van der Waals surface area (Å²) in [6.07, 6.45) is 5.94. The van der Waals surface area contributed by atoms with E-state index in [0.717, 1.165) is 33.4 Å². The molecule has 0 amide bonds. The van der Waals surface area contributed by atoms with Crippen LogP contribution in [0.4, 0.5) is 5.69 Å². The van der Waals surface area contributed by atoms with Crippen LogP contribution in [0.15, 0.2) is 48.6 Å². The minimum atomic E-state index is -4.67. The third-order valence-corrected chi connectivity index (χ3v) is 15.6. The number of methoxy groups -OCH3 is 3. The molecule has 7 N–H and O–H groups in total. The maximum atomic E-state index is 15.3. The number of hydrogen-bond donors (Lipinski definition) is 7. The van der Waals surface area contributed by atoms with E-state index < -0.39 is 78.3 Å². The first-order valence-electron chi connectivity index (χ1n) is 22.6. The van der Waals surface area contributed by atoms with Crippen LogP contribution in [0.1, 0.15) is 75.3 Å². The molecule has 2 bridgehead atoms. The number of benzene rings is 2. The van der Waals surface area contributed by atoms with Crippen molar-refractivity contribution in [3.05, 3.63) is 70.9 Å². The van der Waals surface area contributed by atoms with Gasteiger partial charge < -0.3 is 39.0 Å². The Hall–Kier alpha value is -4.69. The van der Waals surface area contributed by atoms with E-state index >= 15 is 4.79 Å². The molecule has 6 aliphatic rings. The molecule has 1 aliphatic carbocycles. The molecule has 5 aliphatic heterocycles.